The van der Waals surface area contributed by atoms with Crippen LogP contribution in [0.4, 0.5) is 13.2 Å². The summed E-state index contributed by atoms with van der Waals surface area (Å²) in [5.41, 5.74) is -0.231. The summed E-state index contributed by atoms with van der Waals surface area (Å²) in [5.74, 6) is -0.812. The average molecular weight is 409 g/mol. The monoisotopic (exact) mass is 409 g/mol. The lowest BCUT2D eigenvalue weighted by Crippen LogP contribution is -2.36. The molecule has 2 aromatic rings. The fraction of sp³-hybridized carbons (Fsp3) is 0.381. The van der Waals surface area contributed by atoms with Gasteiger partial charge in [0.25, 0.3) is 0 Å². The molecule has 0 aliphatic carbocycles. The normalized spacial score (nSPS) is 15.2. The minimum atomic E-state index is -4.61. The van der Waals surface area contributed by atoms with E-state index in [2.05, 4.69) is 4.74 Å². The lowest BCUT2D eigenvalue weighted by molar-refractivity contribution is -0.138. The van der Waals surface area contributed by atoms with Gasteiger partial charge in [-0.05, 0) is 23.3 Å². The molecular formula is C21H22F3NO4. The van der Waals surface area contributed by atoms with E-state index in [9.17, 15) is 18.0 Å². The Morgan fingerprint density at radius 1 is 1.14 bits per heavy atom. The van der Waals surface area contributed by atoms with E-state index in [1.54, 1.807) is 0 Å². The molecule has 0 atom stereocenters. The van der Waals surface area contributed by atoms with Crippen LogP contribution in [-0.4, -0.2) is 44.3 Å². The van der Waals surface area contributed by atoms with Crippen molar-refractivity contribution in [2.75, 3.05) is 33.4 Å². The van der Waals surface area contributed by atoms with Crippen molar-refractivity contribution in [2.45, 2.75) is 19.3 Å². The van der Waals surface area contributed by atoms with Crippen LogP contribution in [0.1, 0.15) is 27.0 Å². The van der Waals surface area contributed by atoms with Crippen molar-refractivity contribution in [3.63, 3.8) is 0 Å². The molecule has 29 heavy (non-hydrogen) atoms. The number of methoxy groups -OCH3 is 1. The summed E-state index contributed by atoms with van der Waals surface area (Å²) in [4.78, 5) is 14.0. The van der Waals surface area contributed by atoms with Gasteiger partial charge in [-0.2, -0.15) is 13.2 Å². The van der Waals surface area contributed by atoms with E-state index in [4.69, 9.17) is 9.47 Å². The van der Waals surface area contributed by atoms with Crippen LogP contribution in [0, 0.1) is 0 Å². The van der Waals surface area contributed by atoms with Crippen molar-refractivity contribution in [2.24, 2.45) is 0 Å². The molecule has 1 saturated heterocycles. The van der Waals surface area contributed by atoms with Gasteiger partial charge in [0.2, 0.25) is 0 Å². The number of morpholine rings is 1. The third-order valence-corrected chi connectivity index (χ3v) is 4.65. The summed E-state index contributed by atoms with van der Waals surface area (Å²) in [6, 6.07) is 11.3. The lowest BCUT2D eigenvalue weighted by atomic mass is 10.0. The van der Waals surface area contributed by atoms with Crippen molar-refractivity contribution >= 4 is 5.97 Å². The second-order valence-corrected chi connectivity index (χ2v) is 6.66. The van der Waals surface area contributed by atoms with Crippen LogP contribution < -0.4 is 4.74 Å². The number of rotatable bonds is 6. The van der Waals surface area contributed by atoms with E-state index < -0.39 is 17.7 Å². The van der Waals surface area contributed by atoms with Gasteiger partial charge < -0.3 is 14.2 Å². The van der Waals surface area contributed by atoms with Gasteiger partial charge in [-0.1, -0.05) is 30.3 Å². The second kappa shape index (κ2) is 9.28. The number of hydrogen-bond donors (Lipinski definition) is 0. The molecule has 1 heterocycles. The molecule has 156 valence electrons. The lowest BCUT2D eigenvalue weighted by Gasteiger charge is -2.28. The maximum Gasteiger partial charge on any atom is 0.416 e. The van der Waals surface area contributed by atoms with Crippen LogP contribution in [-0.2, 0) is 28.8 Å². The number of ether oxygens (including phenoxy) is 3. The maximum absolute atomic E-state index is 13.7. The first kappa shape index (κ1) is 21.1. The van der Waals surface area contributed by atoms with Gasteiger partial charge in [-0.25, -0.2) is 4.79 Å². The summed E-state index contributed by atoms with van der Waals surface area (Å²) in [5, 5.41) is 0. The zero-order valence-corrected chi connectivity index (χ0v) is 16.0. The van der Waals surface area contributed by atoms with Crippen LogP contribution in [0.2, 0.25) is 0 Å². The summed E-state index contributed by atoms with van der Waals surface area (Å²) in [6.07, 6.45) is -4.61. The molecule has 0 radical (unpaired) electrons. The number of hydrogen-bond acceptors (Lipinski definition) is 5. The van der Waals surface area contributed by atoms with Gasteiger partial charge in [-0.15, -0.1) is 0 Å². The quantitative estimate of drug-likeness (QED) is 0.678. The number of halogens is 3. The Hall–Kier alpha value is -2.58. The first-order valence-corrected chi connectivity index (χ1v) is 9.17. The molecule has 2 aromatic carbocycles. The smallest absolute Gasteiger partial charge is 0.416 e. The fourth-order valence-electron chi connectivity index (χ4n) is 3.14. The Bertz CT molecular complexity index is 834. The maximum atomic E-state index is 13.7. The predicted molar refractivity (Wildman–Crippen MR) is 99.7 cm³/mol. The van der Waals surface area contributed by atoms with E-state index >= 15 is 0 Å². The van der Waals surface area contributed by atoms with Crippen LogP contribution in [0.3, 0.4) is 0 Å². The highest BCUT2D eigenvalue weighted by atomic mass is 19.4. The topological polar surface area (TPSA) is 48.0 Å². The SMILES string of the molecule is COC(=O)c1cc(C(F)(F)F)c(CN2CCOCC2)cc1OCc1ccccc1. The predicted octanol–water partition coefficient (Wildman–Crippen LogP) is 3.90. The number of benzene rings is 2. The largest absolute Gasteiger partial charge is 0.488 e. The molecule has 1 aliphatic rings. The van der Waals surface area contributed by atoms with Crippen molar-refractivity contribution < 1.29 is 32.2 Å². The molecule has 0 amide bonds. The van der Waals surface area contributed by atoms with Crippen molar-refractivity contribution in [1.29, 1.82) is 0 Å². The fourth-order valence-corrected chi connectivity index (χ4v) is 3.14. The Kier molecular flexibility index (Phi) is 6.76. The second-order valence-electron chi connectivity index (χ2n) is 6.66. The van der Waals surface area contributed by atoms with Crippen LogP contribution >= 0.6 is 0 Å². The molecule has 0 unspecified atom stereocenters. The zero-order valence-electron chi connectivity index (χ0n) is 16.0. The first-order chi connectivity index (χ1) is 13.9. The molecule has 0 N–H and O–H groups in total. The molecule has 0 aromatic heterocycles. The van der Waals surface area contributed by atoms with Gasteiger partial charge >= 0.3 is 12.1 Å². The van der Waals surface area contributed by atoms with Crippen molar-refractivity contribution in [3.8, 4) is 5.75 Å². The molecule has 0 bridgehead atoms. The van der Waals surface area contributed by atoms with Gasteiger partial charge in [0.1, 0.15) is 17.9 Å². The minimum Gasteiger partial charge on any atom is -0.488 e. The third kappa shape index (κ3) is 5.48. The number of alkyl halides is 3. The van der Waals surface area contributed by atoms with E-state index in [-0.39, 0.29) is 30.0 Å². The molecule has 1 aliphatic heterocycles. The average Bonchev–Trinajstić information content (AvgIpc) is 2.72. The van der Waals surface area contributed by atoms with Crippen LogP contribution in [0.15, 0.2) is 42.5 Å². The zero-order chi connectivity index (χ0) is 20.9. The molecule has 0 spiro atoms. The summed E-state index contributed by atoms with van der Waals surface area (Å²) in [6.45, 7) is 2.22. The summed E-state index contributed by atoms with van der Waals surface area (Å²) in [7, 11) is 1.12. The molecular weight excluding hydrogens is 387 g/mol. The number of carbonyl (C=O) groups is 1. The standard InChI is InChI=1S/C21H22F3NO4/c1-27-20(26)17-12-18(21(22,23)24)16(13-25-7-9-28-10-8-25)11-19(17)29-14-15-5-3-2-4-6-15/h2-6,11-12H,7-10,13-14H2,1H3. The third-order valence-electron chi connectivity index (χ3n) is 4.65. The van der Waals surface area contributed by atoms with E-state index in [1.807, 2.05) is 35.2 Å². The summed E-state index contributed by atoms with van der Waals surface area (Å²) >= 11 is 0. The van der Waals surface area contributed by atoms with E-state index in [0.29, 0.717) is 26.3 Å². The number of carbonyl (C=O) groups excluding carboxylic acids is 1. The van der Waals surface area contributed by atoms with Gasteiger partial charge in [-0.3, -0.25) is 4.90 Å². The van der Waals surface area contributed by atoms with Gasteiger partial charge in [0, 0.05) is 19.6 Å². The highest BCUT2D eigenvalue weighted by Crippen LogP contribution is 2.37. The van der Waals surface area contributed by atoms with Gasteiger partial charge in [0.05, 0.1) is 25.9 Å². The molecule has 5 nitrogen and oxygen atoms in total. The highest BCUT2D eigenvalue weighted by molar-refractivity contribution is 5.93. The van der Waals surface area contributed by atoms with Crippen LogP contribution in [0.25, 0.3) is 0 Å². The number of nitrogens with zero attached hydrogens (tertiary/aromatic N) is 1. The molecule has 1 fully saturated rings. The Balaban J connectivity index is 1.96. The Morgan fingerprint density at radius 3 is 2.45 bits per heavy atom. The van der Waals surface area contributed by atoms with Gasteiger partial charge in [0.15, 0.2) is 0 Å². The van der Waals surface area contributed by atoms with Crippen molar-refractivity contribution in [1.82, 2.24) is 4.90 Å². The molecule has 0 saturated carbocycles. The first-order valence-electron chi connectivity index (χ1n) is 9.17. The van der Waals surface area contributed by atoms with Crippen molar-refractivity contribution in [3.05, 3.63) is 64.7 Å². The Morgan fingerprint density at radius 2 is 1.83 bits per heavy atom. The van der Waals surface area contributed by atoms with Crippen LogP contribution in [0.5, 0.6) is 5.75 Å². The Labute approximate surface area is 167 Å². The molecule has 3 rings (SSSR count). The minimum absolute atomic E-state index is 0.0510. The number of esters is 1. The summed E-state index contributed by atoms with van der Waals surface area (Å²) < 4.78 is 56.8. The van der Waals surface area contributed by atoms with E-state index in [1.165, 1.54) is 6.07 Å². The highest BCUT2D eigenvalue weighted by Gasteiger charge is 2.36. The van der Waals surface area contributed by atoms with E-state index in [0.717, 1.165) is 18.7 Å². The molecule has 8 heteroatoms.